The van der Waals surface area contributed by atoms with E-state index in [-0.39, 0.29) is 6.98 Å². The van der Waals surface area contributed by atoms with Crippen molar-refractivity contribution >= 4 is 29.5 Å². The molecule has 3 heteroatoms. The molecule has 0 aromatic heterocycles. The van der Waals surface area contributed by atoms with Crippen molar-refractivity contribution < 1.29 is 0 Å². The SMILES string of the molecule is CC(C)c1cccc(C(C)C)c1N1B(c2ccccc2)Nc2ccccc21. The van der Waals surface area contributed by atoms with Gasteiger partial charge in [-0.25, -0.2) is 0 Å². The third-order valence-electron chi connectivity index (χ3n) is 5.41. The first-order valence-electron chi connectivity index (χ1n) is 9.90. The molecule has 0 spiro atoms. The molecule has 1 heterocycles. The lowest BCUT2D eigenvalue weighted by Gasteiger charge is -2.31. The van der Waals surface area contributed by atoms with Gasteiger partial charge in [0, 0.05) is 11.4 Å². The van der Waals surface area contributed by atoms with Crippen molar-refractivity contribution in [3.63, 3.8) is 0 Å². The van der Waals surface area contributed by atoms with Crippen LogP contribution in [0.3, 0.4) is 0 Å². The van der Waals surface area contributed by atoms with Gasteiger partial charge in [-0.3, -0.25) is 0 Å². The summed E-state index contributed by atoms with van der Waals surface area (Å²) in [5.74, 6) is 0.922. The molecular formula is C24H27BN2. The van der Waals surface area contributed by atoms with E-state index in [4.69, 9.17) is 0 Å². The molecule has 1 aliphatic rings. The van der Waals surface area contributed by atoms with E-state index in [2.05, 4.69) is 111 Å². The molecule has 0 aliphatic carbocycles. The fourth-order valence-corrected chi connectivity index (χ4v) is 4.06. The van der Waals surface area contributed by atoms with E-state index in [0.717, 1.165) is 0 Å². The van der Waals surface area contributed by atoms with Crippen LogP contribution in [0.4, 0.5) is 17.1 Å². The lowest BCUT2D eigenvalue weighted by molar-refractivity contribution is 0.834. The minimum absolute atomic E-state index is 0.0981. The zero-order valence-electron chi connectivity index (χ0n) is 16.6. The summed E-state index contributed by atoms with van der Waals surface area (Å²) in [7, 11) is 0. The molecule has 136 valence electrons. The van der Waals surface area contributed by atoms with Crippen molar-refractivity contribution in [2.24, 2.45) is 0 Å². The Balaban J connectivity index is 1.97. The second-order valence-electron chi connectivity index (χ2n) is 7.94. The van der Waals surface area contributed by atoms with Crippen LogP contribution in [0, 0.1) is 0 Å². The van der Waals surface area contributed by atoms with Gasteiger partial charge in [0.05, 0.1) is 5.69 Å². The fraction of sp³-hybridized carbons (Fsp3) is 0.250. The van der Waals surface area contributed by atoms with Gasteiger partial charge in [-0.1, -0.05) is 88.4 Å². The highest BCUT2D eigenvalue weighted by atomic mass is 15.2. The van der Waals surface area contributed by atoms with E-state index in [1.165, 1.54) is 33.7 Å². The molecule has 0 saturated carbocycles. The van der Waals surface area contributed by atoms with E-state index in [1.807, 2.05) is 0 Å². The molecule has 3 aromatic carbocycles. The first kappa shape index (κ1) is 17.7. The number of hydrogen-bond donors (Lipinski definition) is 1. The molecular weight excluding hydrogens is 327 g/mol. The molecule has 0 radical (unpaired) electrons. The first-order valence-corrected chi connectivity index (χ1v) is 9.90. The maximum Gasteiger partial charge on any atom is 0.413 e. The number of nitrogens with zero attached hydrogens (tertiary/aromatic N) is 1. The lowest BCUT2D eigenvalue weighted by atomic mass is 9.66. The van der Waals surface area contributed by atoms with Crippen LogP contribution in [0.2, 0.25) is 0 Å². The molecule has 0 atom stereocenters. The van der Waals surface area contributed by atoms with Crippen LogP contribution >= 0.6 is 0 Å². The number of anilines is 3. The Morgan fingerprint density at radius 3 is 1.93 bits per heavy atom. The number of hydrogen-bond acceptors (Lipinski definition) is 2. The van der Waals surface area contributed by atoms with Gasteiger partial charge >= 0.3 is 6.98 Å². The molecule has 0 amide bonds. The van der Waals surface area contributed by atoms with E-state index >= 15 is 0 Å². The molecule has 0 bridgehead atoms. The van der Waals surface area contributed by atoms with Crippen LogP contribution in [-0.4, -0.2) is 6.98 Å². The predicted molar refractivity (Wildman–Crippen MR) is 119 cm³/mol. The van der Waals surface area contributed by atoms with Crippen molar-refractivity contribution in [1.82, 2.24) is 0 Å². The van der Waals surface area contributed by atoms with Gasteiger partial charge in [-0.05, 0) is 40.6 Å². The van der Waals surface area contributed by atoms with Crippen LogP contribution in [0.15, 0.2) is 72.8 Å². The van der Waals surface area contributed by atoms with Crippen LogP contribution in [-0.2, 0) is 0 Å². The Bertz CT molecular complexity index is 908. The summed E-state index contributed by atoms with van der Waals surface area (Å²) in [4.78, 5) is 2.51. The maximum absolute atomic E-state index is 3.76. The summed E-state index contributed by atoms with van der Waals surface area (Å²) in [5, 5.41) is 3.76. The molecule has 0 saturated heterocycles. The average molecular weight is 354 g/mol. The standard InChI is InChI=1S/C24H27BN2/c1-17(2)20-13-10-14-21(18(3)4)24(20)27-23-16-9-8-15-22(23)26-25(27)19-11-6-5-7-12-19/h5-18,26H,1-4H3. The Kier molecular flexibility index (Phi) is 4.69. The van der Waals surface area contributed by atoms with Crippen molar-refractivity contribution in [2.45, 2.75) is 39.5 Å². The Morgan fingerprint density at radius 2 is 1.30 bits per heavy atom. The largest absolute Gasteiger partial charge is 0.413 e. The second-order valence-corrected chi connectivity index (χ2v) is 7.94. The molecule has 2 nitrogen and oxygen atoms in total. The summed E-state index contributed by atoms with van der Waals surface area (Å²) in [6.07, 6.45) is 0. The number of para-hydroxylation sites is 3. The smallest absolute Gasteiger partial charge is 0.403 e. The van der Waals surface area contributed by atoms with Gasteiger partial charge in [0.2, 0.25) is 0 Å². The summed E-state index contributed by atoms with van der Waals surface area (Å²) < 4.78 is 0. The van der Waals surface area contributed by atoms with Gasteiger partial charge < -0.3 is 10.0 Å². The Labute approximate surface area is 163 Å². The molecule has 1 aliphatic heterocycles. The molecule has 0 fully saturated rings. The molecule has 1 N–H and O–H groups in total. The predicted octanol–water partition coefficient (Wildman–Crippen LogP) is 5.89. The van der Waals surface area contributed by atoms with Crippen LogP contribution < -0.4 is 15.5 Å². The average Bonchev–Trinajstić information content (AvgIpc) is 3.07. The van der Waals surface area contributed by atoms with Gasteiger partial charge in [0.1, 0.15) is 0 Å². The summed E-state index contributed by atoms with van der Waals surface area (Å²) in [5.41, 5.74) is 7.89. The quantitative estimate of drug-likeness (QED) is 0.588. The van der Waals surface area contributed by atoms with Gasteiger partial charge in [0.25, 0.3) is 0 Å². The number of benzene rings is 3. The Morgan fingerprint density at radius 1 is 0.704 bits per heavy atom. The fourth-order valence-electron chi connectivity index (χ4n) is 4.06. The first-order chi connectivity index (χ1) is 13.1. The molecule has 3 aromatic rings. The highest BCUT2D eigenvalue weighted by Gasteiger charge is 2.38. The lowest BCUT2D eigenvalue weighted by Crippen LogP contribution is -2.48. The highest BCUT2D eigenvalue weighted by Crippen LogP contribution is 2.44. The maximum atomic E-state index is 3.76. The highest BCUT2D eigenvalue weighted by molar-refractivity contribution is 6.82. The van der Waals surface area contributed by atoms with E-state index in [0.29, 0.717) is 11.8 Å². The van der Waals surface area contributed by atoms with Crippen molar-refractivity contribution in [3.05, 3.63) is 83.9 Å². The summed E-state index contributed by atoms with van der Waals surface area (Å²) in [6, 6.07) is 26.2. The zero-order chi connectivity index (χ0) is 19.0. The van der Waals surface area contributed by atoms with E-state index in [1.54, 1.807) is 0 Å². The van der Waals surface area contributed by atoms with Crippen molar-refractivity contribution in [2.75, 3.05) is 10.0 Å². The molecule has 27 heavy (non-hydrogen) atoms. The number of nitrogens with one attached hydrogen (secondary N) is 1. The minimum Gasteiger partial charge on any atom is -0.403 e. The van der Waals surface area contributed by atoms with Crippen LogP contribution in [0.1, 0.15) is 50.7 Å². The number of rotatable bonds is 4. The monoisotopic (exact) mass is 354 g/mol. The third-order valence-corrected chi connectivity index (χ3v) is 5.41. The summed E-state index contributed by atoms with van der Waals surface area (Å²) >= 11 is 0. The number of fused-ring (bicyclic) bond motifs is 1. The van der Waals surface area contributed by atoms with Gasteiger partial charge in [-0.15, -0.1) is 0 Å². The zero-order valence-corrected chi connectivity index (χ0v) is 16.6. The van der Waals surface area contributed by atoms with Gasteiger partial charge in [-0.2, -0.15) is 0 Å². The normalized spacial score (nSPS) is 13.3. The summed E-state index contributed by atoms with van der Waals surface area (Å²) in [6.45, 7) is 9.25. The topological polar surface area (TPSA) is 15.3 Å². The van der Waals surface area contributed by atoms with Crippen molar-refractivity contribution in [1.29, 1.82) is 0 Å². The van der Waals surface area contributed by atoms with Crippen molar-refractivity contribution in [3.8, 4) is 0 Å². The molecule has 4 rings (SSSR count). The second kappa shape index (κ2) is 7.15. The van der Waals surface area contributed by atoms with E-state index in [9.17, 15) is 0 Å². The molecule has 0 unspecified atom stereocenters. The van der Waals surface area contributed by atoms with Crippen LogP contribution in [0.5, 0.6) is 0 Å². The Hall–Kier alpha value is -2.68. The third kappa shape index (κ3) is 3.12. The minimum atomic E-state index is 0.0981. The van der Waals surface area contributed by atoms with Crippen LogP contribution in [0.25, 0.3) is 0 Å². The van der Waals surface area contributed by atoms with Gasteiger partial charge in [0.15, 0.2) is 0 Å². The van der Waals surface area contributed by atoms with E-state index < -0.39 is 0 Å².